The minimum Gasteiger partial charge on any atom is -0.353 e. The van der Waals surface area contributed by atoms with Crippen molar-refractivity contribution in [2.75, 3.05) is 18.0 Å². The van der Waals surface area contributed by atoms with Crippen LogP contribution in [-0.4, -0.2) is 24.2 Å². The van der Waals surface area contributed by atoms with Gasteiger partial charge >= 0.3 is 0 Å². The number of hydrogen-bond donors (Lipinski definition) is 0. The molecule has 0 aliphatic carbocycles. The lowest BCUT2D eigenvalue weighted by atomic mass is 10.1. The molecule has 1 aliphatic heterocycles. The molecule has 4 heteroatoms. The third kappa shape index (κ3) is 2.50. The van der Waals surface area contributed by atoms with Crippen molar-refractivity contribution in [1.82, 2.24) is 4.98 Å². The van der Waals surface area contributed by atoms with Gasteiger partial charge in [-0.15, -0.1) is 0 Å². The van der Waals surface area contributed by atoms with Crippen LogP contribution in [0.4, 0.5) is 10.2 Å². The summed E-state index contributed by atoms with van der Waals surface area (Å²) >= 11 is 3.62. The van der Waals surface area contributed by atoms with Crippen LogP contribution in [0.25, 0.3) is 11.1 Å². The van der Waals surface area contributed by atoms with Crippen molar-refractivity contribution in [3.8, 4) is 11.1 Å². The van der Waals surface area contributed by atoms with Crippen LogP contribution in [0.1, 0.15) is 6.42 Å². The summed E-state index contributed by atoms with van der Waals surface area (Å²) in [4.78, 5) is 6.39. The number of halogens is 2. The van der Waals surface area contributed by atoms with Crippen LogP contribution in [0.15, 0.2) is 47.1 Å². The molecule has 0 spiro atoms. The summed E-state index contributed by atoms with van der Waals surface area (Å²) in [5.41, 5.74) is 2.22. The lowest BCUT2D eigenvalue weighted by Crippen LogP contribution is -2.21. The lowest BCUT2D eigenvalue weighted by Gasteiger charge is -2.19. The van der Waals surface area contributed by atoms with Crippen LogP contribution < -0.4 is 4.90 Å². The van der Waals surface area contributed by atoms with E-state index in [1.54, 1.807) is 6.20 Å². The molecule has 1 aromatic carbocycles. The van der Waals surface area contributed by atoms with Crippen molar-refractivity contribution in [3.05, 3.63) is 47.1 Å². The van der Waals surface area contributed by atoms with Crippen molar-refractivity contribution < 1.29 is 4.39 Å². The summed E-state index contributed by atoms with van der Waals surface area (Å²) in [6, 6.07) is 12.1. The van der Waals surface area contributed by atoms with Gasteiger partial charge in [0.1, 0.15) is 12.0 Å². The molecule has 0 saturated carbocycles. The third-order valence-corrected chi connectivity index (χ3v) is 4.17. The van der Waals surface area contributed by atoms with Gasteiger partial charge in [0.15, 0.2) is 0 Å². The third-order valence-electron chi connectivity index (χ3n) is 3.39. The predicted molar refractivity (Wildman–Crippen MR) is 79.1 cm³/mol. The first-order valence-corrected chi connectivity index (χ1v) is 7.14. The molecule has 98 valence electrons. The molecular weight excluding hydrogens is 307 g/mol. The summed E-state index contributed by atoms with van der Waals surface area (Å²) in [6.07, 6.45) is 1.63. The Bertz CT molecular complexity index is 574. The molecule has 1 fully saturated rings. The predicted octanol–water partition coefficient (Wildman–Crippen LogP) is 4.06. The van der Waals surface area contributed by atoms with Gasteiger partial charge in [0.2, 0.25) is 0 Å². The Morgan fingerprint density at radius 3 is 2.68 bits per heavy atom. The number of rotatable bonds is 2. The van der Waals surface area contributed by atoms with Crippen LogP contribution in [0, 0.1) is 0 Å². The second-order valence-corrected chi connectivity index (χ2v) is 5.49. The Morgan fingerprint density at radius 2 is 2.00 bits per heavy atom. The maximum absolute atomic E-state index is 13.3. The Morgan fingerprint density at radius 1 is 1.21 bits per heavy atom. The van der Waals surface area contributed by atoms with Crippen LogP contribution in [0.3, 0.4) is 0 Å². The van der Waals surface area contributed by atoms with Crippen LogP contribution in [0.5, 0.6) is 0 Å². The van der Waals surface area contributed by atoms with Crippen LogP contribution in [0.2, 0.25) is 0 Å². The molecule has 2 nitrogen and oxygen atoms in total. The molecule has 0 amide bonds. The fourth-order valence-corrected chi connectivity index (χ4v) is 3.12. The molecule has 1 saturated heterocycles. The first-order valence-electron chi connectivity index (χ1n) is 6.34. The van der Waals surface area contributed by atoms with E-state index in [1.807, 2.05) is 29.2 Å². The van der Waals surface area contributed by atoms with Gasteiger partial charge < -0.3 is 4.90 Å². The number of benzene rings is 1. The highest BCUT2D eigenvalue weighted by molar-refractivity contribution is 9.10. The van der Waals surface area contributed by atoms with E-state index in [9.17, 15) is 4.39 Å². The van der Waals surface area contributed by atoms with Crippen molar-refractivity contribution in [2.24, 2.45) is 0 Å². The molecule has 19 heavy (non-hydrogen) atoms. The highest BCUT2D eigenvalue weighted by Crippen LogP contribution is 2.35. The van der Waals surface area contributed by atoms with E-state index in [1.165, 1.54) is 0 Å². The van der Waals surface area contributed by atoms with Gasteiger partial charge in [-0.25, -0.2) is 9.37 Å². The SMILES string of the molecule is F[C@H]1CCN(c2nccc(-c3ccccc3)c2Br)C1. The number of nitrogens with zero attached hydrogens (tertiary/aromatic N) is 2. The monoisotopic (exact) mass is 320 g/mol. The number of aromatic nitrogens is 1. The Hall–Kier alpha value is -1.42. The zero-order chi connectivity index (χ0) is 13.2. The summed E-state index contributed by atoms with van der Waals surface area (Å²) in [5.74, 6) is 0.835. The van der Waals surface area contributed by atoms with E-state index in [4.69, 9.17) is 0 Å². The molecule has 1 atom stereocenters. The molecule has 1 aromatic heterocycles. The van der Waals surface area contributed by atoms with Gasteiger partial charge in [-0.05, 0) is 34.0 Å². The molecule has 0 radical (unpaired) electrons. The smallest absolute Gasteiger partial charge is 0.143 e. The van der Waals surface area contributed by atoms with E-state index >= 15 is 0 Å². The standard InChI is InChI=1S/C15H14BrFN2/c16-14-13(11-4-2-1-3-5-11)6-8-18-15(14)19-9-7-12(17)10-19/h1-6,8,12H,7,9-10H2/t12-/m0/s1. The molecule has 3 rings (SSSR count). The summed E-state index contributed by atoms with van der Waals surface area (Å²) in [6.45, 7) is 1.16. The topological polar surface area (TPSA) is 16.1 Å². The van der Waals surface area contributed by atoms with E-state index in [2.05, 4.69) is 33.0 Å². The lowest BCUT2D eigenvalue weighted by molar-refractivity contribution is 0.364. The van der Waals surface area contributed by atoms with Crippen molar-refractivity contribution >= 4 is 21.7 Å². The van der Waals surface area contributed by atoms with Gasteiger partial charge in [-0.3, -0.25) is 0 Å². The Labute approximate surface area is 120 Å². The number of anilines is 1. The Balaban J connectivity index is 2.00. The largest absolute Gasteiger partial charge is 0.353 e. The second kappa shape index (κ2) is 5.29. The maximum Gasteiger partial charge on any atom is 0.143 e. The summed E-state index contributed by atoms with van der Waals surface area (Å²) < 4.78 is 14.3. The Kier molecular flexibility index (Phi) is 3.51. The minimum absolute atomic E-state index is 0.434. The fraction of sp³-hybridized carbons (Fsp3) is 0.267. The number of pyridine rings is 1. The molecular formula is C15H14BrFN2. The molecule has 2 aromatic rings. The van der Waals surface area contributed by atoms with E-state index in [0.29, 0.717) is 13.0 Å². The second-order valence-electron chi connectivity index (χ2n) is 4.69. The molecule has 0 N–H and O–H groups in total. The summed E-state index contributed by atoms with van der Waals surface area (Å²) in [7, 11) is 0. The van der Waals surface area contributed by atoms with Crippen molar-refractivity contribution in [3.63, 3.8) is 0 Å². The fourth-order valence-electron chi connectivity index (χ4n) is 2.40. The summed E-state index contributed by atoms with van der Waals surface area (Å²) in [5, 5.41) is 0. The molecule has 1 aliphatic rings. The average Bonchev–Trinajstić information content (AvgIpc) is 2.86. The zero-order valence-electron chi connectivity index (χ0n) is 10.4. The van der Waals surface area contributed by atoms with Gasteiger partial charge in [-0.1, -0.05) is 30.3 Å². The number of hydrogen-bond acceptors (Lipinski definition) is 2. The highest BCUT2D eigenvalue weighted by Gasteiger charge is 2.25. The van der Waals surface area contributed by atoms with E-state index < -0.39 is 6.17 Å². The average molecular weight is 321 g/mol. The van der Waals surface area contributed by atoms with Crippen molar-refractivity contribution in [1.29, 1.82) is 0 Å². The number of alkyl halides is 1. The van der Waals surface area contributed by atoms with Gasteiger partial charge in [-0.2, -0.15) is 0 Å². The highest BCUT2D eigenvalue weighted by atomic mass is 79.9. The van der Waals surface area contributed by atoms with Crippen LogP contribution >= 0.6 is 15.9 Å². The van der Waals surface area contributed by atoms with E-state index in [-0.39, 0.29) is 0 Å². The van der Waals surface area contributed by atoms with Gasteiger partial charge in [0, 0.05) is 18.3 Å². The molecule has 2 heterocycles. The molecule has 0 unspecified atom stereocenters. The van der Waals surface area contributed by atoms with Crippen molar-refractivity contribution in [2.45, 2.75) is 12.6 Å². The quantitative estimate of drug-likeness (QED) is 0.829. The molecule has 0 bridgehead atoms. The van der Waals surface area contributed by atoms with Gasteiger partial charge in [0.05, 0.1) is 11.0 Å². The normalized spacial score (nSPS) is 18.8. The first kappa shape index (κ1) is 12.6. The van der Waals surface area contributed by atoms with Crippen LogP contribution in [-0.2, 0) is 0 Å². The van der Waals surface area contributed by atoms with E-state index in [0.717, 1.165) is 28.0 Å². The minimum atomic E-state index is -0.742. The maximum atomic E-state index is 13.3. The van der Waals surface area contributed by atoms with Gasteiger partial charge in [0.25, 0.3) is 0 Å². The first-order chi connectivity index (χ1) is 9.25. The zero-order valence-corrected chi connectivity index (χ0v) is 12.0.